The van der Waals surface area contributed by atoms with Crippen molar-refractivity contribution in [3.63, 3.8) is 0 Å². The van der Waals surface area contributed by atoms with Crippen molar-refractivity contribution in [2.45, 2.75) is 78.4 Å². The quantitative estimate of drug-likeness (QED) is 0.0888. The molecule has 0 unspecified atom stereocenters. The maximum Gasteiger partial charge on any atom is 0.243 e. The van der Waals surface area contributed by atoms with Crippen LogP contribution in [0.5, 0.6) is 0 Å². The Bertz CT molecular complexity index is 858. The van der Waals surface area contributed by atoms with E-state index in [-0.39, 0.29) is 34.5 Å². The van der Waals surface area contributed by atoms with Crippen LogP contribution in [0.1, 0.15) is 70.1 Å². The minimum absolute atomic E-state index is 0.0863. The number of carbonyl (C=O) groups is 4. The Labute approximate surface area is 210 Å². The second kappa shape index (κ2) is 15.1. The predicted octanol–water partition coefficient (Wildman–Crippen LogP) is 1.16. The standard InChI is InChI=1S/C23H39N7O4S/c1-13(2)11-17(28-15(5)31)20(33)30-18(12-14(3)4)21(34)29-16(7-6-8-27-23(24)25)19(32)22-26-9-10-35-22/h9-10,13-14,16-18H,6-8,11-12H2,1-5H3,(H,28,31)(H,29,34)(H,30,33)(H4,24,25,27)/t16-,17-,18-/m0/s1. The predicted molar refractivity (Wildman–Crippen MR) is 136 cm³/mol. The molecule has 3 amide bonds. The summed E-state index contributed by atoms with van der Waals surface area (Å²) in [5, 5.41) is 20.1. The molecule has 0 aliphatic heterocycles. The largest absolute Gasteiger partial charge is 0.370 e. The summed E-state index contributed by atoms with van der Waals surface area (Å²) in [5.74, 6) is -1.50. The molecule has 7 N–H and O–H groups in total. The van der Waals surface area contributed by atoms with Crippen molar-refractivity contribution >= 4 is 40.8 Å². The fourth-order valence-electron chi connectivity index (χ4n) is 3.49. The third kappa shape index (κ3) is 11.8. The van der Waals surface area contributed by atoms with Crippen molar-refractivity contribution in [1.29, 1.82) is 5.41 Å². The van der Waals surface area contributed by atoms with E-state index in [1.807, 2.05) is 27.7 Å². The molecule has 0 aliphatic rings. The first-order valence-corrected chi connectivity index (χ1v) is 12.7. The van der Waals surface area contributed by atoms with Crippen LogP contribution in [0.4, 0.5) is 0 Å². The Kier molecular flexibility index (Phi) is 12.9. The average molecular weight is 510 g/mol. The SMILES string of the molecule is CC(=O)N[C@@H](CC(C)C)C(=O)N[C@@H](CC(C)C)C(=O)N[C@@H](CCCNC(=N)N)C(=O)c1nccs1. The highest BCUT2D eigenvalue weighted by molar-refractivity contribution is 7.11. The van der Waals surface area contributed by atoms with Crippen molar-refractivity contribution in [3.05, 3.63) is 16.6 Å². The Balaban J connectivity index is 3.01. The summed E-state index contributed by atoms with van der Waals surface area (Å²) in [4.78, 5) is 54.9. The first kappa shape index (κ1) is 30.0. The van der Waals surface area contributed by atoms with Crippen LogP contribution in [0.25, 0.3) is 0 Å². The van der Waals surface area contributed by atoms with E-state index in [1.54, 1.807) is 5.38 Å². The number of hydrogen-bond donors (Lipinski definition) is 6. The monoisotopic (exact) mass is 509 g/mol. The lowest BCUT2D eigenvalue weighted by atomic mass is 9.99. The van der Waals surface area contributed by atoms with E-state index in [1.165, 1.54) is 24.5 Å². The van der Waals surface area contributed by atoms with Crippen LogP contribution in [0.15, 0.2) is 11.6 Å². The summed E-state index contributed by atoms with van der Waals surface area (Å²) in [6, 6.07) is -2.50. The molecule has 0 aliphatic carbocycles. The Morgan fingerprint density at radius 3 is 1.97 bits per heavy atom. The minimum Gasteiger partial charge on any atom is -0.370 e. The number of ketones is 1. The van der Waals surface area contributed by atoms with E-state index in [4.69, 9.17) is 11.1 Å². The van der Waals surface area contributed by atoms with Gasteiger partial charge in [-0.25, -0.2) is 4.98 Å². The molecule has 1 aromatic rings. The molecule has 35 heavy (non-hydrogen) atoms. The van der Waals surface area contributed by atoms with Crippen LogP contribution in [-0.2, 0) is 14.4 Å². The van der Waals surface area contributed by atoms with Gasteiger partial charge in [-0.1, -0.05) is 27.7 Å². The van der Waals surface area contributed by atoms with Crippen molar-refractivity contribution in [2.24, 2.45) is 17.6 Å². The lowest BCUT2D eigenvalue weighted by Crippen LogP contribution is -2.56. The molecular weight excluding hydrogens is 470 g/mol. The maximum atomic E-state index is 13.3. The van der Waals surface area contributed by atoms with E-state index in [2.05, 4.69) is 26.3 Å². The number of nitrogens with zero attached hydrogens (tertiary/aromatic N) is 1. The van der Waals surface area contributed by atoms with Gasteiger partial charge in [-0.3, -0.25) is 24.6 Å². The molecule has 0 saturated carbocycles. The molecule has 11 nitrogen and oxygen atoms in total. The van der Waals surface area contributed by atoms with E-state index >= 15 is 0 Å². The van der Waals surface area contributed by atoms with Crippen LogP contribution in [0, 0.1) is 17.2 Å². The van der Waals surface area contributed by atoms with E-state index < -0.39 is 29.9 Å². The molecule has 0 spiro atoms. The Hall–Kier alpha value is -3.02. The van der Waals surface area contributed by atoms with Gasteiger partial charge in [0.2, 0.25) is 23.5 Å². The second-order valence-corrected chi connectivity index (χ2v) is 10.2. The number of nitrogens with two attached hydrogens (primary N) is 1. The van der Waals surface area contributed by atoms with E-state index in [0.717, 1.165) is 0 Å². The van der Waals surface area contributed by atoms with Crippen LogP contribution in [0.3, 0.4) is 0 Å². The zero-order valence-electron chi connectivity index (χ0n) is 21.1. The smallest absolute Gasteiger partial charge is 0.243 e. The van der Waals surface area contributed by atoms with Gasteiger partial charge >= 0.3 is 0 Å². The molecular formula is C23H39N7O4S. The number of nitrogens with one attached hydrogen (secondary N) is 5. The number of rotatable bonds is 15. The number of aromatic nitrogens is 1. The van der Waals surface area contributed by atoms with Crippen molar-refractivity contribution < 1.29 is 19.2 Å². The van der Waals surface area contributed by atoms with Gasteiger partial charge in [0.05, 0.1) is 6.04 Å². The number of thiazole rings is 1. The lowest BCUT2D eigenvalue weighted by Gasteiger charge is -2.26. The van der Waals surface area contributed by atoms with Gasteiger partial charge in [0.25, 0.3) is 0 Å². The highest BCUT2D eigenvalue weighted by Crippen LogP contribution is 2.13. The zero-order chi connectivity index (χ0) is 26.5. The number of guanidine groups is 1. The molecule has 0 aromatic carbocycles. The van der Waals surface area contributed by atoms with Gasteiger partial charge in [0, 0.05) is 25.0 Å². The maximum absolute atomic E-state index is 13.3. The van der Waals surface area contributed by atoms with Gasteiger partial charge in [-0.05, 0) is 37.5 Å². The molecule has 196 valence electrons. The highest BCUT2D eigenvalue weighted by atomic mass is 32.1. The molecule has 0 saturated heterocycles. The third-order valence-corrected chi connectivity index (χ3v) is 5.79. The van der Waals surface area contributed by atoms with Crippen LogP contribution in [0.2, 0.25) is 0 Å². The number of amides is 3. The minimum atomic E-state index is -0.882. The fourth-order valence-corrected chi connectivity index (χ4v) is 4.12. The van der Waals surface area contributed by atoms with Crippen molar-refractivity contribution in [3.8, 4) is 0 Å². The number of hydrogen-bond acceptors (Lipinski definition) is 7. The summed E-state index contributed by atoms with van der Waals surface area (Å²) in [6.45, 7) is 9.45. The normalized spacial score (nSPS) is 13.6. The molecule has 3 atom stereocenters. The zero-order valence-corrected chi connectivity index (χ0v) is 22.0. The Morgan fingerprint density at radius 2 is 1.51 bits per heavy atom. The molecule has 12 heteroatoms. The fraction of sp³-hybridized carbons (Fsp3) is 0.652. The number of carbonyl (C=O) groups excluding carboxylic acids is 4. The number of Topliss-reactive ketones (excluding diaryl/α,β-unsaturated/α-hetero) is 1. The van der Waals surface area contributed by atoms with Gasteiger partial charge in [-0.2, -0.15) is 0 Å². The summed E-state index contributed by atoms with van der Waals surface area (Å²) in [5.41, 5.74) is 5.30. The Morgan fingerprint density at radius 1 is 0.971 bits per heavy atom. The topological polar surface area (TPSA) is 179 Å². The van der Waals surface area contributed by atoms with Crippen molar-refractivity contribution in [1.82, 2.24) is 26.3 Å². The van der Waals surface area contributed by atoms with Crippen LogP contribution in [-0.4, -0.2) is 59.1 Å². The first-order chi connectivity index (χ1) is 16.4. The van der Waals surface area contributed by atoms with Crippen LogP contribution >= 0.6 is 11.3 Å². The molecule has 1 aromatic heterocycles. The second-order valence-electron chi connectivity index (χ2n) is 9.32. The average Bonchev–Trinajstić information content (AvgIpc) is 3.28. The van der Waals surface area contributed by atoms with Gasteiger partial charge in [0.15, 0.2) is 11.0 Å². The van der Waals surface area contributed by atoms with E-state index in [9.17, 15) is 19.2 Å². The summed E-state index contributed by atoms with van der Waals surface area (Å²) in [7, 11) is 0. The van der Waals surface area contributed by atoms with Crippen molar-refractivity contribution in [2.75, 3.05) is 6.54 Å². The highest BCUT2D eigenvalue weighted by Gasteiger charge is 2.31. The van der Waals surface area contributed by atoms with Crippen LogP contribution < -0.4 is 27.0 Å². The summed E-state index contributed by atoms with van der Waals surface area (Å²) >= 11 is 1.18. The lowest BCUT2D eigenvalue weighted by molar-refractivity contribution is -0.132. The van der Waals surface area contributed by atoms with Gasteiger partial charge in [-0.15, -0.1) is 11.3 Å². The molecule has 0 radical (unpaired) electrons. The molecule has 1 rings (SSSR count). The summed E-state index contributed by atoms with van der Waals surface area (Å²) in [6.07, 6.45) is 3.08. The molecule has 0 fully saturated rings. The molecule has 1 heterocycles. The van der Waals surface area contributed by atoms with Gasteiger partial charge < -0.3 is 27.0 Å². The summed E-state index contributed by atoms with van der Waals surface area (Å²) < 4.78 is 0. The first-order valence-electron chi connectivity index (χ1n) is 11.8. The van der Waals surface area contributed by atoms with E-state index in [0.29, 0.717) is 32.2 Å². The third-order valence-electron chi connectivity index (χ3n) is 5.00. The molecule has 0 bridgehead atoms. The van der Waals surface area contributed by atoms with Gasteiger partial charge in [0.1, 0.15) is 12.1 Å².